The van der Waals surface area contributed by atoms with Crippen molar-refractivity contribution in [3.05, 3.63) is 11.1 Å². The minimum Gasteiger partial charge on any atom is -0.478 e. The van der Waals surface area contributed by atoms with Crippen molar-refractivity contribution >= 4 is 5.97 Å². The highest BCUT2D eigenvalue weighted by atomic mass is 16.4. The molecule has 0 aromatic carbocycles. The summed E-state index contributed by atoms with van der Waals surface area (Å²) >= 11 is 0. The summed E-state index contributed by atoms with van der Waals surface area (Å²) < 4.78 is 0. The summed E-state index contributed by atoms with van der Waals surface area (Å²) in [4.78, 5) is 10.4. The van der Waals surface area contributed by atoms with Crippen LogP contribution >= 0.6 is 0 Å². The zero-order valence-corrected chi connectivity index (χ0v) is 6.77. The van der Waals surface area contributed by atoms with E-state index in [9.17, 15) is 4.79 Å². The Hall–Kier alpha value is -0.790. The summed E-state index contributed by atoms with van der Waals surface area (Å²) in [6.07, 6.45) is 1.68. The molecule has 0 aliphatic rings. The van der Waals surface area contributed by atoms with Gasteiger partial charge in [0.1, 0.15) is 0 Å². The fraction of sp³-hybridized carbons (Fsp3) is 0.667. The third-order valence-corrected chi connectivity index (χ3v) is 1.70. The molecule has 0 amide bonds. The Morgan fingerprint density at radius 1 is 1.27 bits per heavy atom. The highest BCUT2D eigenvalue weighted by molar-refractivity contribution is 5.86. The molecule has 0 saturated carbocycles. The first-order valence-corrected chi connectivity index (χ1v) is 3.55. The number of carbonyl (C=O) groups is 1. The molecule has 0 heterocycles. The molecule has 2 heteroatoms. The van der Waals surface area contributed by atoms with Crippen LogP contribution in [0.25, 0.3) is 0 Å². The minimum atomic E-state index is -0.793. The van der Waals surface area contributed by atoms with E-state index in [2.05, 4.69) is 0 Å². The van der Waals surface area contributed by atoms with E-state index in [4.69, 9.17) is 5.11 Å². The molecule has 0 aliphatic heterocycles. The van der Waals surface area contributed by atoms with Gasteiger partial charge in [-0.3, -0.25) is 0 Å². The SMILES string of the molecule is C.CCC(CC)=C(C)C(=O)O. The van der Waals surface area contributed by atoms with Gasteiger partial charge in [0.2, 0.25) is 0 Å². The van der Waals surface area contributed by atoms with Crippen LogP contribution in [-0.4, -0.2) is 11.1 Å². The Bertz CT molecular complexity index is 151. The molecular weight excluding hydrogens is 140 g/mol. The molecule has 11 heavy (non-hydrogen) atoms. The van der Waals surface area contributed by atoms with Gasteiger partial charge in [-0.25, -0.2) is 4.79 Å². The third kappa shape index (κ3) is 3.81. The molecule has 0 atom stereocenters. The predicted octanol–water partition coefficient (Wildman–Crippen LogP) is 2.84. The van der Waals surface area contributed by atoms with Crippen molar-refractivity contribution in [2.45, 2.75) is 41.0 Å². The van der Waals surface area contributed by atoms with Crippen molar-refractivity contribution in [3.8, 4) is 0 Å². The standard InChI is InChI=1S/C8H14O2.CH4/c1-4-7(5-2)6(3)8(9)10;/h4-5H2,1-3H3,(H,9,10);1H4. The van der Waals surface area contributed by atoms with E-state index in [0.29, 0.717) is 5.57 Å². The maximum atomic E-state index is 10.4. The molecule has 0 spiro atoms. The van der Waals surface area contributed by atoms with Crippen molar-refractivity contribution in [2.75, 3.05) is 0 Å². The van der Waals surface area contributed by atoms with Crippen LogP contribution in [0.1, 0.15) is 41.0 Å². The predicted molar refractivity (Wildman–Crippen MR) is 47.6 cm³/mol. The first-order valence-electron chi connectivity index (χ1n) is 3.55. The van der Waals surface area contributed by atoms with Crippen molar-refractivity contribution in [1.29, 1.82) is 0 Å². The number of rotatable bonds is 3. The van der Waals surface area contributed by atoms with Crippen LogP contribution in [0.4, 0.5) is 0 Å². The van der Waals surface area contributed by atoms with Crippen LogP contribution in [0.5, 0.6) is 0 Å². The molecule has 0 aliphatic carbocycles. The highest BCUT2D eigenvalue weighted by Crippen LogP contribution is 2.11. The number of hydrogen-bond donors (Lipinski definition) is 1. The molecule has 0 unspecified atom stereocenters. The largest absolute Gasteiger partial charge is 0.478 e. The van der Waals surface area contributed by atoms with E-state index < -0.39 is 5.97 Å². The third-order valence-electron chi connectivity index (χ3n) is 1.70. The number of carboxylic acid groups (broad SMARTS) is 1. The van der Waals surface area contributed by atoms with Crippen LogP contribution in [0.15, 0.2) is 11.1 Å². The Morgan fingerprint density at radius 2 is 1.64 bits per heavy atom. The van der Waals surface area contributed by atoms with Gasteiger partial charge in [0, 0.05) is 5.57 Å². The second kappa shape index (κ2) is 5.96. The van der Waals surface area contributed by atoms with Gasteiger partial charge in [-0.15, -0.1) is 0 Å². The zero-order valence-electron chi connectivity index (χ0n) is 6.77. The molecule has 0 bridgehead atoms. The summed E-state index contributed by atoms with van der Waals surface area (Å²) in [5.41, 5.74) is 1.54. The number of hydrogen-bond acceptors (Lipinski definition) is 1. The number of allylic oxidation sites excluding steroid dienone is 1. The fourth-order valence-electron chi connectivity index (χ4n) is 0.932. The molecule has 0 radical (unpaired) electrons. The Balaban J connectivity index is 0. The first-order chi connectivity index (χ1) is 4.63. The van der Waals surface area contributed by atoms with Crippen LogP contribution < -0.4 is 0 Å². The van der Waals surface area contributed by atoms with E-state index in [1.54, 1.807) is 6.92 Å². The maximum Gasteiger partial charge on any atom is 0.331 e. The summed E-state index contributed by atoms with van der Waals surface area (Å²) in [6.45, 7) is 5.61. The summed E-state index contributed by atoms with van der Waals surface area (Å²) in [7, 11) is 0. The average molecular weight is 158 g/mol. The van der Waals surface area contributed by atoms with Crippen LogP contribution in [0.3, 0.4) is 0 Å². The van der Waals surface area contributed by atoms with Crippen LogP contribution in [0.2, 0.25) is 0 Å². The molecule has 0 saturated heterocycles. The summed E-state index contributed by atoms with van der Waals surface area (Å²) in [6, 6.07) is 0. The zero-order chi connectivity index (χ0) is 8.15. The quantitative estimate of drug-likeness (QED) is 0.641. The molecule has 0 aromatic heterocycles. The van der Waals surface area contributed by atoms with Crippen LogP contribution in [0, 0.1) is 0 Å². The second-order valence-electron chi connectivity index (χ2n) is 2.24. The highest BCUT2D eigenvalue weighted by Gasteiger charge is 2.04. The lowest BCUT2D eigenvalue weighted by Gasteiger charge is -2.02. The Kier molecular flexibility index (Phi) is 6.96. The van der Waals surface area contributed by atoms with Gasteiger partial charge in [-0.2, -0.15) is 0 Å². The maximum absolute atomic E-state index is 10.4. The molecule has 66 valence electrons. The van der Waals surface area contributed by atoms with Crippen molar-refractivity contribution < 1.29 is 9.90 Å². The van der Waals surface area contributed by atoms with Crippen LogP contribution in [-0.2, 0) is 4.79 Å². The van der Waals surface area contributed by atoms with Gasteiger partial charge in [0.25, 0.3) is 0 Å². The van der Waals surface area contributed by atoms with Gasteiger partial charge in [0.05, 0.1) is 0 Å². The molecule has 0 rings (SSSR count). The monoisotopic (exact) mass is 158 g/mol. The number of aliphatic carboxylic acids is 1. The van der Waals surface area contributed by atoms with E-state index in [1.807, 2.05) is 13.8 Å². The Labute approximate surface area is 68.9 Å². The smallest absolute Gasteiger partial charge is 0.331 e. The van der Waals surface area contributed by atoms with E-state index in [1.165, 1.54) is 0 Å². The van der Waals surface area contributed by atoms with E-state index in [0.717, 1.165) is 18.4 Å². The number of carboxylic acids is 1. The molecule has 0 fully saturated rings. The van der Waals surface area contributed by atoms with Gasteiger partial charge >= 0.3 is 5.97 Å². The first kappa shape index (κ1) is 12.8. The average Bonchev–Trinajstić information content (AvgIpc) is 1.90. The lowest BCUT2D eigenvalue weighted by atomic mass is 10.1. The lowest BCUT2D eigenvalue weighted by Crippen LogP contribution is -2.00. The van der Waals surface area contributed by atoms with E-state index in [-0.39, 0.29) is 7.43 Å². The molecule has 2 nitrogen and oxygen atoms in total. The van der Waals surface area contributed by atoms with Gasteiger partial charge in [0.15, 0.2) is 0 Å². The van der Waals surface area contributed by atoms with Crippen molar-refractivity contribution in [3.63, 3.8) is 0 Å². The van der Waals surface area contributed by atoms with Gasteiger partial charge in [-0.1, -0.05) is 26.8 Å². The fourth-order valence-corrected chi connectivity index (χ4v) is 0.932. The van der Waals surface area contributed by atoms with Gasteiger partial charge < -0.3 is 5.11 Å². The van der Waals surface area contributed by atoms with Crippen molar-refractivity contribution in [2.24, 2.45) is 0 Å². The lowest BCUT2D eigenvalue weighted by molar-refractivity contribution is -0.132. The molecule has 0 aromatic rings. The molecule has 1 N–H and O–H groups in total. The Morgan fingerprint density at radius 3 is 1.73 bits per heavy atom. The van der Waals surface area contributed by atoms with E-state index >= 15 is 0 Å². The van der Waals surface area contributed by atoms with Gasteiger partial charge in [-0.05, 0) is 19.8 Å². The summed E-state index contributed by atoms with van der Waals surface area (Å²) in [5.74, 6) is -0.793. The van der Waals surface area contributed by atoms with Crippen molar-refractivity contribution in [1.82, 2.24) is 0 Å². The second-order valence-corrected chi connectivity index (χ2v) is 2.24. The normalized spacial score (nSPS) is 8.27. The summed E-state index contributed by atoms with van der Waals surface area (Å²) in [5, 5.41) is 8.56. The molecular formula is C9H18O2. The topological polar surface area (TPSA) is 37.3 Å². The minimum absolute atomic E-state index is 0.